The van der Waals surface area contributed by atoms with Gasteiger partial charge in [-0.2, -0.15) is 0 Å². The van der Waals surface area contributed by atoms with Gasteiger partial charge in [0, 0.05) is 37.9 Å². The molecule has 0 unspecified atom stereocenters. The van der Waals surface area contributed by atoms with E-state index in [4.69, 9.17) is 21.1 Å². The minimum atomic E-state index is -0.196. The molecule has 144 valence electrons. The minimum Gasteiger partial charge on any atom is -0.487 e. The van der Waals surface area contributed by atoms with Crippen LogP contribution in [0.2, 0.25) is 5.02 Å². The molecule has 0 bridgehead atoms. The lowest BCUT2D eigenvalue weighted by Gasteiger charge is -2.14. The van der Waals surface area contributed by atoms with Gasteiger partial charge in [-0.1, -0.05) is 11.6 Å². The van der Waals surface area contributed by atoms with Crippen LogP contribution in [0.3, 0.4) is 0 Å². The maximum Gasteiger partial charge on any atom is 0.276 e. The molecule has 0 saturated heterocycles. The van der Waals surface area contributed by atoms with E-state index in [1.807, 2.05) is 6.92 Å². The number of fused-ring (bicyclic) bond motifs is 1. The molecule has 8 heteroatoms. The zero-order valence-corrected chi connectivity index (χ0v) is 16.1. The predicted molar refractivity (Wildman–Crippen MR) is 105 cm³/mol. The second-order valence-corrected chi connectivity index (χ2v) is 6.58. The Morgan fingerprint density at radius 2 is 1.93 bits per heavy atom. The average molecular weight is 392 g/mol. The van der Waals surface area contributed by atoms with Crippen LogP contribution in [-0.2, 0) is 24.9 Å². The molecular weight excluding hydrogens is 370 g/mol. The van der Waals surface area contributed by atoms with Gasteiger partial charge in [-0.15, -0.1) is 0 Å². The molecule has 0 amide bonds. The molecule has 0 aliphatic carbocycles. The van der Waals surface area contributed by atoms with Crippen molar-refractivity contribution < 1.29 is 9.47 Å². The van der Waals surface area contributed by atoms with Crippen LogP contribution >= 0.6 is 11.6 Å². The molecule has 0 spiro atoms. The Kier molecular flexibility index (Phi) is 6.03. The van der Waals surface area contributed by atoms with Gasteiger partial charge in [-0.3, -0.25) is 19.4 Å². The van der Waals surface area contributed by atoms with Gasteiger partial charge in [-0.25, -0.2) is 0 Å². The first-order chi connectivity index (χ1) is 13.0. The molecule has 0 aliphatic rings. The summed E-state index contributed by atoms with van der Waals surface area (Å²) in [6.45, 7) is 3.63. The van der Waals surface area contributed by atoms with Gasteiger partial charge in [0.15, 0.2) is 0 Å². The Balaban J connectivity index is 1.98. The van der Waals surface area contributed by atoms with E-state index >= 15 is 0 Å². The highest BCUT2D eigenvalue weighted by molar-refractivity contribution is 6.30. The van der Waals surface area contributed by atoms with Gasteiger partial charge in [0.1, 0.15) is 12.4 Å². The number of benzene rings is 1. The van der Waals surface area contributed by atoms with Crippen LogP contribution in [0.1, 0.15) is 19.0 Å². The Labute approximate surface area is 161 Å². The van der Waals surface area contributed by atoms with Crippen LogP contribution in [0.25, 0.3) is 10.9 Å². The summed E-state index contributed by atoms with van der Waals surface area (Å²) in [6.07, 6.45) is 0.665. The first-order valence-corrected chi connectivity index (χ1v) is 9.16. The van der Waals surface area contributed by atoms with Gasteiger partial charge in [0.2, 0.25) is 0 Å². The number of pyridine rings is 1. The molecule has 0 saturated carbocycles. The van der Waals surface area contributed by atoms with Gasteiger partial charge in [0.25, 0.3) is 11.1 Å². The van der Waals surface area contributed by atoms with Crippen LogP contribution in [0.15, 0.2) is 39.9 Å². The highest BCUT2D eigenvalue weighted by Crippen LogP contribution is 2.19. The Morgan fingerprint density at radius 3 is 2.63 bits per heavy atom. The third-order valence-electron chi connectivity index (χ3n) is 4.29. The zero-order chi connectivity index (χ0) is 19.4. The zero-order valence-electron chi connectivity index (χ0n) is 15.3. The second kappa shape index (κ2) is 8.45. The summed E-state index contributed by atoms with van der Waals surface area (Å²) >= 11 is 5.90. The van der Waals surface area contributed by atoms with Crippen LogP contribution in [-0.4, -0.2) is 27.6 Å². The summed E-state index contributed by atoms with van der Waals surface area (Å²) in [5.74, 6) is 0.608. The fraction of sp³-hybridized carbons (Fsp3) is 0.368. The van der Waals surface area contributed by atoms with Crippen molar-refractivity contribution in [2.75, 3.05) is 13.2 Å². The van der Waals surface area contributed by atoms with E-state index in [9.17, 15) is 9.59 Å². The van der Waals surface area contributed by atoms with Crippen LogP contribution < -0.4 is 15.9 Å². The van der Waals surface area contributed by atoms with E-state index < -0.39 is 0 Å². The van der Waals surface area contributed by atoms with Gasteiger partial charge in [-0.05, 0) is 37.6 Å². The minimum absolute atomic E-state index is 0.0932. The number of aromatic amines is 1. The van der Waals surface area contributed by atoms with Gasteiger partial charge in [0.05, 0.1) is 16.6 Å². The number of nitrogens with one attached hydrogen (secondary N) is 1. The van der Waals surface area contributed by atoms with E-state index in [1.165, 1.54) is 10.7 Å². The number of halogens is 1. The van der Waals surface area contributed by atoms with Crippen molar-refractivity contribution >= 4 is 22.5 Å². The van der Waals surface area contributed by atoms with Crippen molar-refractivity contribution in [2.24, 2.45) is 7.05 Å². The number of ether oxygens (including phenoxy) is 2. The van der Waals surface area contributed by atoms with Gasteiger partial charge < -0.3 is 14.0 Å². The van der Waals surface area contributed by atoms with Crippen molar-refractivity contribution in [1.82, 2.24) is 14.3 Å². The summed E-state index contributed by atoms with van der Waals surface area (Å²) in [7, 11) is 1.62. The van der Waals surface area contributed by atoms with Crippen molar-refractivity contribution in [1.29, 1.82) is 0 Å². The molecule has 0 radical (unpaired) electrons. The molecule has 2 aromatic heterocycles. The number of hydrogen-bond acceptors (Lipinski definition) is 4. The fourth-order valence-electron chi connectivity index (χ4n) is 2.97. The SMILES string of the molecule is CCOCCCn1c(COc2ccc(Cl)cc2)c2c(=O)n(C)[nH]c2cc1=O. The number of aromatic nitrogens is 3. The smallest absolute Gasteiger partial charge is 0.276 e. The van der Waals surface area contributed by atoms with Gasteiger partial charge >= 0.3 is 0 Å². The molecule has 3 aromatic rings. The third-order valence-corrected chi connectivity index (χ3v) is 4.54. The molecule has 0 fully saturated rings. The van der Waals surface area contributed by atoms with E-state index in [1.54, 1.807) is 35.9 Å². The van der Waals surface area contributed by atoms with Crippen molar-refractivity contribution in [3.63, 3.8) is 0 Å². The number of aryl methyl sites for hydroxylation is 1. The summed E-state index contributed by atoms with van der Waals surface area (Å²) in [5.41, 5.74) is 0.669. The van der Waals surface area contributed by atoms with E-state index in [0.717, 1.165) is 0 Å². The average Bonchev–Trinajstić information content (AvgIpc) is 2.93. The number of rotatable bonds is 8. The first-order valence-electron chi connectivity index (χ1n) is 8.78. The van der Waals surface area contributed by atoms with E-state index in [2.05, 4.69) is 5.10 Å². The molecule has 0 aliphatic heterocycles. The quantitative estimate of drug-likeness (QED) is 0.599. The van der Waals surface area contributed by atoms with Crippen molar-refractivity contribution in [3.8, 4) is 5.75 Å². The maximum absolute atomic E-state index is 12.6. The lowest BCUT2D eigenvalue weighted by molar-refractivity contribution is 0.141. The number of H-pyrrole nitrogens is 1. The summed E-state index contributed by atoms with van der Waals surface area (Å²) in [6, 6.07) is 8.39. The van der Waals surface area contributed by atoms with Crippen LogP contribution in [0.5, 0.6) is 5.75 Å². The molecule has 1 aromatic carbocycles. The molecule has 2 heterocycles. The fourth-order valence-corrected chi connectivity index (χ4v) is 3.10. The standard InChI is InChI=1S/C19H22ClN3O4/c1-3-26-10-4-9-23-16(12-27-14-7-5-13(20)6-8-14)18-15(11-17(23)24)21-22(2)19(18)25/h5-8,11,21H,3-4,9-10,12H2,1-2H3. The molecule has 27 heavy (non-hydrogen) atoms. The van der Waals surface area contributed by atoms with Crippen molar-refractivity contribution in [3.05, 3.63) is 61.8 Å². The summed E-state index contributed by atoms with van der Waals surface area (Å²) in [4.78, 5) is 25.2. The van der Waals surface area contributed by atoms with Crippen molar-refractivity contribution in [2.45, 2.75) is 26.5 Å². The molecule has 1 N–H and O–H groups in total. The largest absolute Gasteiger partial charge is 0.487 e. The first kappa shape index (κ1) is 19.3. The Morgan fingerprint density at radius 1 is 1.19 bits per heavy atom. The van der Waals surface area contributed by atoms with E-state index in [0.29, 0.717) is 53.5 Å². The lowest BCUT2D eigenvalue weighted by Crippen LogP contribution is -2.26. The monoisotopic (exact) mass is 391 g/mol. The number of hydrogen-bond donors (Lipinski definition) is 1. The summed E-state index contributed by atoms with van der Waals surface area (Å²) in [5, 5.41) is 3.98. The Hall–Kier alpha value is -2.51. The maximum atomic E-state index is 12.6. The second-order valence-electron chi connectivity index (χ2n) is 6.14. The Bertz CT molecular complexity index is 1030. The van der Waals surface area contributed by atoms with Crippen LogP contribution in [0.4, 0.5) is 0 Å². The molecule has 7 nitrogen and oxygen atoms in total. The lowest BCUT2D eigenvalue weighted by atomic mass is 10.2. The predicted octanol–water partition coefficient (Wildman–Crippen LogP) is 2.69. The highest BCUT2D eigenvalue weighted by Gasteiger charge is 2.16. The topological polar surface area (TPSA) is 78.2 Å². The normalized spacial score (nSPS) is 11.2. The highest BCUT2D eigenvalue weighted by atomic mass is 35.5. The molecule has 3 rings (SSSR count). The summed E-state index contributed by atoms with van der Waals surface area (Å²) < 4.78 is 14.1. The van der Waals surface area contributed by atoms with Crippen LogP contribution in [0, 0.1) is 0 Å². The molecular formula is C19H22ClN3O4. The molecule has 0 atom stereocenters. The van der Waals surface area contributed by atoms with E-state index in [-0.39, 0.29) is 17.7 Å². The third kappa shape index (κ3) is 4.26. The number of nitrogens with zero attached hydrogens (tertiary/aromatic N) is 2.